The predicted molar refractivity (Wildman–Crippen MR) is 104 cm³/mol. The van der Waals surface area contributed by atoms with E-state index in [1.54, 1.807) is 0 Å². The molecule has 3 aliphatic rings. The highest BCUT2D eigenvalue weighted by atomic mass is 16.5. The molecule has 0 aromatic carbocycles. The van der Waals surface area contributed by atoms with E-state index in [4.69, 9.17) is 14.7 Å². The van der Waals surface area contributed by atoms with E-state index < -0.39 is 0 Å². The normalized spacial score (nSPS) is 24.8. The summed E-state index contributed by atoms with van der Waals surface area (Å²) in [6.07, 6.45) is 6.12. The monoisotopic (exact) mass is 359 g/mol. The van der Waals surface area contributed by atoms with Crippen molar-refractivity contribution in [2.75, 3.05) is 44.2 Å². The fourth-order valence-corrected chi connectivity index (χ4v) is 4.60. The van der Waals surface area contributed by atoms with Crippen LogP contribution in [0.1, 0.15) is 50.2 Å². The van der Waals surface area contributed by atoms with E-state index in [1.807, 2.05) is 6.92 Å². The third-order valence-electron chi connectivity index (χ3n) is 6.13. The number of hydrogen-bond donors (Lipinski definition) is 1. The number of nitrogens with zero attached hydrogens (tertiary/aromatic N) is 4. The van der Waals surface area contributed by atoms with Gasteiger partial charge in [0.2, 0.25) is 0 Å². The molecule has 1 aromatic rings. The minimum absolute atomic E-state index is 0.518. The first kappa shape index (κ1) is 18.1. The maximum absolute atomic E-state index is 5.59. The number of aromatic nitrogens is 2. The number of rotatable bonds is 5. The van der Waals surface area contributed by atoms with Gasteiger partial charge in [-0.2, -0.15) is 0 Å². The molecule has 0 saturated carbocycles. The minimum atomic E-state index is 0.518. The first-order chi connectivity index (χ1) is 12.8. The molecule has 144 valence electrons. The molecule has 4 rings (SSSR count). The molecule has 0 amide bonds. The molecule has 1 N–H and O–H groups in total. The summed E-state index contributed by atoms with van der Waals surface area (Å²) in [5.41, 5.74) is 2.59. The Morgan fingerprint density at radius 1 is 1.15 bits per heavy atom. The third kappa shape index (κ3) is 3.73. The van der Waals surface area contributed by atoms with Crippen LogP contribution in [0.5, 0.6) is 0 Å². The van der Waals surface area contributed by atoms with Crippen LogP contribution in [-0.2, 0) is 24.2 Å². The molecule has 0 aliphatic carbocycles. The smallest absolute Gasteiger partial charge is 0.156 e. The van der Waals surface area contributed by atoms with Crippen LogP contribution < -0.4 is 10.2 Å². The van der Waals surface area contributed by atoms with E-state index in [9.17, 15) is 0 Å². The molecule has 0 radical (unpaired) electrons. The Bertz CT molecular complexity index is 616. The largest absolute Gasteiger partial charge is 0.374 e. The van der Waals surface area contributed by atoms with Gasteiger partial charge in [-0.15, -0.1) is 0 Å². The van der Waals surface area contributed by atoms with Crippen molar-refractivity contribution in [3.05, 3.63) is 17.1 Å². The van der Waals surface area contributed by atoms with Gasteiger partial charge in [0, 0.05) is 50.3 Å². The lowest BCUT2D eigenvalue weighted by molar-refractivity contribution is 0.0870. The number of piperidine rings is 1. The zero-order valence-corrected chi connectivity index (χ0v) is 16.3. The highest BCUT2D eigenvalue weighted by Gasteiger charge is 2.37. The van der Waals surface area contributed by atoms with Crippen LogP contribution in [0.2, 0.25) is 0 Å². The van der Waals surface area contributed by atoms with Gasteiger partial charge in [-0.1, -0.05) is 6.42 Å². The second-order valence-corrected chi connectivity index (χ2v) is 7.92. The van der Waals surface area contributed by atoms with E-state index in [-0.39, 0.29) is 0 Å². The van der Waals surface area contributed by atoms with Crippen LogP contribution in [-0.4, -0.2) is 66.3 Å². The second-order valence-electron chi connectivity index (χ2n) is 7.92. The summed E-state index contributed by atoms with van der Waals surface area (Å²) in [4.78, 5) is 15.0. The lowest BCUT2D eigenvalue weighted by Crippen LogP contribution is -2.62. The summed E-state index contributed by atoms with van der Waals surface area (Å²) in [5.74, 6) is 2.02. The summed E-state index contributed by atoms with van der Waals surface area (Å²) in [5, 5.41) is 3.50. The van der Waals surface area contributed by atoms with E-state index in [2.05, 4.69) is 22.0 Å². The maximum atomic E-state index is 5.59. The zero-order chi connectivity index (χ0) is 17.9. The topological polar surface area (TPSA) is 53.5 Å². The Labute approximate surface area is 157 Å². The molecule has 1 aromatic heterocycles. The van der Waals surface area contributed by atoms with Crippen molar-refractivity contribution in [1.29, 1.82) is 0 Å². The Morgan fingerprint density at radius 2 is 2.00 bits per heavy atom. The van der Waals surface area contributed by atoms with Crippen molar-refractivity contribution in [3.63, 3.8) is 0 Å². The van der Waals surface area contributed by atoms with Crippen LogP contribution >= 0.6 is 0 Å². The van der Waals surface area contributed by atoms with Crippen LogP contribution in [0.25, 0.3) is 0 Å². The zero-order valence-electron chi connectivity index (χ0n) is 16.3. The molecule has 1 unspecified atom stereocenters. The molecule has 4 heterocycles. The molecule has 2 saturated heterocycles. The molecule has 1 atom stereocenters. The predicted octanol–water partition coefficient (Wildman–Crippen LogP) is 1.76. The molecule has 6 heteroatoms. The van der Waals surface area contributed by atoms with Crippen molar-refractivity contribution >= 4 is 5.82 Å². The molecule has 2 fully saturated rings. The van der Waals surface area contributed by atoms with Crippen molar-refractivity contribution < 1.29 is 4.74 Å². The Hall–Kier alpha value is -1.24. The Balaban J connectivity index is 1.52. The third-order valence-corrected chi connectivity index (χ3v) is 6.13. The highest BCUT2D eigenvalue weighted by Crippen LogP contribution is 2.31. The number of hydrogen-bond acceptors (Lipinski definition) is 6. The van der Waals surface area contributed by atoms with Crippen LogP contribution in [0.4, 0.5) is 5.82 Å². The van der Waals surface area contributed by atoms with E-state index >= 15 is 0 Å². The van der Waals surface area contributed by atoms with Gasteiger partial charge in [-0.25, -0.2) is 9.97 Å². The standard InChI is InChI=1S/C20H33N5O/c1-3-26-14-19-22-18-8-10-21-9-7-17(18)20(23-19)24-12-16(13-24)25-11-5-4-6-15(25)2/h15-16,21H,3-14H2,1-2H3. The van der Waals surface area contributed by atoms with Gasteiger partial charge in [-0.3, -0.25) is 4.90 Å². The summed E-state index contributed by atoms with van der Waals surface area (Å²) >= 11 is 0. The van der Waals surface area contributed by atoms with Gasteiger partial charge in [0.05, 0.1) is 5.69 Å². The molecule has 6 nitrogen and oxygen atoms in total. The maximum Gasteiger partial charge on any atom is 0.156 e. The lowest BCUT2D eigenvalue weighted by Gasteiger charge is -2.50. The van der Waals surface area contributed by atoms with Crippen molar-refractivity contribution in [1.82, 2.24) is 20.2 Å². The number of ether oxygens (including phenoxy) is 1. The first-order valence-electron chi connectivity index (χ1n) is 10.4. The first-order valence-corrected chi connectivity index (χ1v) is 10.4. The molecular formula is C20H33N5O. The van der Waals surface area contributed by atoms with Crippen LogP contribution in [0.3, 0.4) is 0 Å². The average molecular weight is 360 g/mol. The van der Waals surface area contributed by atoms with Crippen molar-refractivity contribution in [2.24, 2.45) is 0 Å². The number of nitrogens with one attached hydrogen (secondary N) is 1. The summed E-state index contributed by atoms with van der Waals surface area (Å²) in [6.45, 7) is 11.1. The molecule has 26 heavy (non-hydrogen) atoms. The van der Waals surface area contributed by atoms with Gasteiger partial charge in [0.15, 0.2) is 5.82 Å². The fourth-order valence-electron chi connectivity index (χ4n) is 4.60. The summed E-state index contributed by atoms with van der Waals surface area (Å²) in [7, 11) is 0. The average Bonchev–Trinajstić information content (AvgIpc) is 2.85. The second kappa shape index (κ2) is 8.19. The minimum Gasteiger partial charge on any atom is -0.374 e. The van der Waals surface area contributed by atoms with Crippen molar-refractivity contribution in [3.8, 4) is 0 Å². The van der Waals surface area contributed by atoms with Crippen molar-refractivity contribution in [2.45, 2.75) is 64.6 Å². The van der Waals surface area contributed by atoms with E-state index in [1.165, 1.54) is 42.9 Å². The number of likely N-dealkylation sites (tertiary alicyclic amines) is 1. The Kier molecular flexibility index (Phi) is 5.72. The van der Waals surface area contributed by atoms with E-state index in [0.29, 0.717) is 19.3 Å². The fraction of sp³-hybridized carbons (Fsp3) is 0.800. The highest BCUT2D eigenvalue weighted by molar-refractivity contribution is 5.52. The van der Waals surface area contributed by atoms with Gasteiger partial charge >= 0.3 is 0 Å². The molecular weight excluding hydrogens is 326 g/mol. The molecule has 0 bridgehead atoms. The van der Waals surface area contributed by atoms with Gasteiger partial charge < -0.3 is 15.0 Å². The van der Waals surface area contributed by atoms with E-state index in [0.717, 1.165) is 50.9 Å². The SMILES string of the molecule is CCOCc1nc2c(c(N3CC(N4CCCCC4C)C3)n1)CCNCC2. The van der Waals surface area contributed by atoms with Crippen LogP contribution in [0, 0.1) is 0 Å². The van der Waals surface area contributed by atoms with Gasteiger partial charge in [-0.05, 0) is 46.2 Å². The number of fused-ring (bicyclic) bond motifs is 1. The summed E-state index contributed by atoms with van der Waals surface area (Å²) in [6, 6.07) is 1.42. The number of anilines is 1. The molecule has 0 spiro atoms. The van der Waals surface area contributed by atoms with Gasteiger partial charge in [0.1, 0.15) is 12.4 Å². The lowest BCUT2D eigenvalue weighted by atomic mass is 9.96. The summed E-state index contributed by atoms with van der Waals surface area (Å²) < 4.78 is 5.59. The Morgan fingerprint density at radius 3 is 2.81 bits per heavy atom. The molecule has 3 aliphatic heterocycles. The van der Waals surface area contributed by atoms with Crippen LogP contribution in [0.15, 0.2) is 0 Å². The quantitative estimate of drug-likeness (QED) is 0.865. The van der Waals surface area contributed by atoms with Gasteiger partial charge in [0.25, 0.3) is 0 Å².